The van der Waals surface area contributed by atoms with Crippen LogP contribution in [-0.2, 0) is 5.41 Å². The van der Waals surface area contributed by atoms with Crippen LogP contribution in [0.2, 0.25) is 0 Å². The Hall–Kier alpha value is -3.13. The van der Waals surface area contributed by atoms with Crippen LogP contribution < -0.4 is 0 Å². The van der Waals surface area contributed by atoms with E-state index in [-0.39, 0.29) is 5.41 Å². The van der Waals surface area contributed by atoms with Gasteiger partial charge in [-0.2, -0.15) is 5.10 Å². The van der Waals surface area contributed by atoms with Crippen molar-refractivity contribution in [2.45, 2.75) is 26.2 Å². The summed E-state index contributed by atoms with van der Waals surface area (Å²) in [5.41, 5.74) is 8.08. The highest BCUT2D eigenvalue weighted by Gasteiger charge is 2.26. The van der Waals surface area contributed by atoms with Crippen molar-refractivity contribution in [3.63, 3.8) is 0 Å². The Morgan fingerprint density at radius 2 is 1.15 bits per heavy atom. The fourth-order valence-electron chi connectivity index (χ4n) is 3.52. The van der Waals surface area contributed by atoms with Gasteiger partial charge in [-0.25, -0.2) is 0 Å². The van der Waals surface area contributed by atoms with Gasteiger partial charge in [-0.05, 0) is 16.7 Å². The maximum absolute atomic E-state index is 4.74. The Kier molecular flexibility index (Phi) is 4.41. The van der Waals surface area contributed by atoms with Crippen LogP contribution in [0.25, 0.3) is 33.5 Å². The third kappa shape index (κ3) is 3.31. The largest absolute Gasteiger partial charge is 0.281 e. The summed E-state index contributed by atoms with van der Waals surface area (Å²) in [5, 5.41) is 8.08. The maximum atomic E-state index is 4.74. The van der Waals surface area contributed by atoms with Gasteiger partial charge in [0.05, 0.1) is 0 Å². The molecule has 0 fully saturated rings. The van der Waals surface area contributed by atoms with E-state index in [0.29, 0.717) is 0 Å². The third-order valence-electron chi connectivity index (χ3n) is 4.84. The molecule has 1 N–H and O–H groups in total. The Morgan fingerprint density at radius 3 is 1.74 bits per heavy atom. The molecule has 27 heavy (non-hydrogen) atoms. The second-order valence-corrected chi connectivity index (χ2v) is 7.85. The van der Waals surface area contributed by atoms with Crippen LogP contribution in [0.15, 0.2) is 84.9 Å². The normalized spacial score (nSPS) is 11.5. The summed E-state index contributed by atoms with van der Waals surface area (Å²) < 4.78 is 0. The zero-order chi connectivity index (χ0) is 18.9. The Balaban J connectivity index is 2.01. The minimum atomic E-state index is -0.0425. The molecular formula is C25H24N2. The number of H-pyrrole nitrogens is 1. The van der Waals surface area contributed by atoms with Gasteiger partial charge in [-0.15, -0.1) is 0 Å². The van der Waals surface area contributed by atoms with Crippen molar-refractivity contribution in [3.05, 3.63) is 90.6 Å². The van der Waals surface area contributed by atoms with Crippen molar-refractivity contribution in [2.75, 3.05) is 0 Å². The topological polar surface area (TPSA) is 28.7 Å². The summed E-state index contributed by atoms with van der Waals surface area (Å²) in [4.78, 5) is 0. The quantitative estimate of drug-likeness (QED) is 0.436. The Morgan fingerprint density at radius 1 is 0.630 bits per heavy atom. The summed E-state index contributed by atoms with van der Waals surface area (Å²) >= 11 is 0. The fraction of sp³-hybridized carbons (Fsp3) is 0.160. The molecule has 4 rings (SSSR count). The second-order valence-electron chi connectivity index (χ2n) is 7.85. The van der Waals surface area contributed by atoms with Gasteiger partial charge >= 0.3 is 0 Å². The van der Waals surface area contributed by atoms with Crippen molar-refractivity contribution in [1.82, 2.24) is 10.2 Å². The zero-order valence-electron chi connectivity index (χ0n) is 16.0. The van der Waals surface area contributed by atoms with Crippen molar-refractivity contribution >= 4 is 0 Å². The van der Waals surface area contributed by atoms with E-state index >= 15 is 0 Å². The summed E-state index contributed by atoms with van der Waals surface area (Å²) in [7, 11) is 0. The standard InChI is InChI=1S/C25H24N2/c1-25(2,3)24-22(23(26-27-24)19-14-8-5-9-15-19)21-17-11-10-16-20(21)18-12-6-4-7-13-18/h4-17H,1-3H3,(H,26,27). The zero-order valence-corrected chi connectivity index (χ0v) is 16.0. The first-order valence-corrected chi connectivity index (χ1v) is 9.35. The highest BCUT2D eigenvalue weighted by molar-refractivity contribution is 5.91. The molecule has 2 nitrogen and oxygen atoms in total. The number of nitrogens with one attached hydrogen (secondary N) is 1. The summed E-state index contributed by atoms with van der Waals surface area (Å²) in [6.07, 6.45) is 0. The van der Waals surface area contributed by atoms with Gasteiger partial charge in [0.15, 0.2) is 0 Å². The summed E-state index contributed by atoms with van der Waals surface area (Å²) in [6.45, 7) is 6.68. The number of hydrogen-bond acceptors (Lipinski definition) is 1. The lowest BCUT2D eigenvalue weighted by Crippen LogP contribution is -2.13. The monoisotopic (exact) mass is 352 g/mol. The Bertz CT molecular complexity index is 1040. The number of nitrogens with zero attached hydrogens (tertiary/aromatic N) is 1. The van der Waals surface area contributed by atoms with Crippen LogP contribution in [-0.4, -0.2) is 10.2 Å². The molecule has 0 unspecified atom stereocenters. The third-order valence-corrected chi connectivity index (χ3v) is 4.84. The molecule has 3 aromatic carbocycles. The molecule has 0 aliphatic carbocycles. The van der Waals surface area contributed by atoms with E-state index in [4.69, 9.17) is 5.10 Å². The minimum Gasteiger partial charge on any atom is -0.281 e. The lowest BCUT2D eigenvalue weighted by atomic mass is 9.83. The van der Waals surface area contributed by atoms with Gasteiger partial charge in [-0.1, -0.05) is 106 Å². The van der Waals surface area contributed by atoms with E-state index in [1.807, 2.05) is 6.07 Å². The predicted molar refractivity (Wildman–Crippen MR) is 114 cm³/mol. The highest BCUT2D eigenvalue weighted by atomic mass is 15.1. The van der Waals surface area contributed by atoms with E-state index in [0.717, 1.165) is 17.0 Å². The van der Waals surface area contributed by atoms with Gasteiger partial charge in [-0.3, -0.25) is 5.10 Å². The average molecular weight is 352 g/mol. The fourth-order valence-corrected chi connectivity index (χ4v) is 3.52. The number of aromatic amines is 1. The first-order chi connectivity index (χ1) is 13.1. The van der Waals surface area contributed by atoms with Gasteiger partial charge in [0, 0.05) is 22.2 Å². The van der Waals surface area contributed by atoms with Crippen molar-refractivity contribution < 1.29 is 0 Å². The minimum absolute atomic E-state index is 0.0425. The van der Waals surface area contributed by atoms with E-state index in [1.165, 1.54) is 22.3 Å². The molecule has 0 aliphatic rings. The van der Waals surface area contributed by atoms with E-state index in [2.05, 4.69) is 105 Å². The van der Waals surface area contributed by atoms with E-state index in [1.54, 1.807) is 0 Å². The van der Waals surface area contributed by atoms with Crippen LogP contribution in [0.4, 0.5) is 0 Å². The SMILES string of the molecule is CC(C)(C)c1[nH]nc(-c2ccccc2)c1-c1ccccc1-c1ccccc1. The predicted octanol–water partition coefficient (Wildman–Crippen LogP) is 6.71. The number of rotatable bonds is 3. The van der Waals surface area contributed by atoms with Crippen LogP contribution in [0, 0.1) is 0 Å². The van der Waals surface area contributed by atoms with Gasteiger partial charge in [0.1, 0.15) is 5.69 Å². The molecule has 0 spiro atoms. The lowest BCUT2D eigenvalue weighted by molar-refractivity contribution is 0.568. The molecule has 0 saturated heterocycles. The molecule has 0 bridgehead atoms. The molecule has 1 heterocycles. The average Bonchev–Trinajstić information content (AvgIpc) is 3.15. The molecule has 1 aromatic heterocycles. The number of benzene rings is 3. The molecule has 0 aliphatic heterocycles. The van der Waals surface area contributed by atoms with Crippen LogP contribution in [0.3, 0.4) is 0 Å². The second kappa shape index (κ2) is 6.88. The Labute approximate surface area is 160 Å². The molecule has 0 amide bonds. The van der Waals surface area contributed by atoms with E-state index < -0.39 is 0 Å². The number of aromatic nitrogens is 2. The molecular weight excluding hydrogens is 328 g/mol. The van der Waals surface area contributed by atoms with Crippen LogP contribution in [0.5, 0.6) is 0 Å². The molecule has 2 heteroatoms. The summed E-state index contributed by atoms with van der Waals surface area (Å²) in [5.74, 6) is 0. The molecule has 0 radical (unpaired) electrons. The smallest absolute Gasteiger partial charge is 0.100 e. The highest BCUT2D eigenvalue weighted by Crippen LogP contribution is 2.42. The van der Waals surface area contributed by atoms with Gasteiger partial charge in [0.2, 0.25) is 0 Å². The van der Waals surface area contributed by atoms with Gasteiger partial charge < -0.3 is 0 Å². The van der Waals surface area contributed by atoms with Crippen molar-refractivity contribution in [3.8, 4) is 33.5 Å². The first kappa shape index (κ1) is 17.3. The van der Waals surface area contributed by atoms with Crippen LogP contribution >= 0.6 is 0 Å². The van der Waals surface area contributed by atoms with E-state index in [9.17, 15) is 0 Å². The lowest BCUT2D eigenvalue weighted by Gasteiger charge is -2.20. The molecule has 134 valence electrons. The maximum Gasteiger partial charge on any atom is 0.100 e. The van der Waals surface area contributed by atoms with Crippen LogP contribution in [0.1, 0.15) is 26.5 Å². The molecule has 0 saturated carbocycles. The number of hydrogen-bond donors (Lipinski definition) is 1. The molecule has 0 atom stereocenters. The molecule has 4 aromatic rings. The summed E-state index contributed by atoms with van der Waals surface area (Å²) in [6, 6.07) is 29.6. The van der Waals surface area contributed by atoms with Crippen molar-refractivity contribution in [1.29, 1.82) is 0 Å². The van der Waals surface area contributed by atoms with Crippen molar-refractivity contribution in [2.24, 2.45) is 0 Å². The van der Waals surface area contributed by atoms with Gasteiger partial charge in [0.25, 0.3) is 0 Å². The first-order valence-electron chi connectivity index (χ1n) is 9.35.